The van der Waals surface area contributed by atoms with Gasteiger partial charge in [-0.2, -0.15) is 13.2 Å². The Morgan fingerprint density at radius 1 is 1.26 bits per heavy atom. The van der Waals surface area contributed by atoms with Crippen molar-refractivity contribution in [3.05, 3.63) is 48.3 Å². The fourth-order valence-corrected chi connectivity index (χ4v) is 4.20. The second-order valence-electron chi connectivity index (χ2n) is 9.10. The number of benzene rings is 1. The Bertz CT molecular complexity index is 1150. The molecule has 1 saturated heterocycles. The van der Waals surface area contributed by atoms with E-state index in [1.165, 1.54) is 18.2 Å². The van der Waals surface area contributed by atoms with Crippen LogP contribution < -0.4 is 10.6 Å². The number of carbonyl (C=O) groups excluding carboxylic acids is 1. The van der Waals surface area contributed by atoms with Gasteiger partial charge >= 0.3 is 6.18 Å². The van der Waals surface area contributed by atoms with E-state index < -0.39 is 42.0 Å². The smallest absolute Gasteiger partial charge is 0.379 e. The van der Waals surface area contributed by atoms with Gasteiger partial charge < -0.3 is 15.5 Å². The zero-order valence-electron chi connectivity index (χ0n) is 19.2. The van der Waals surface area contributed by atoms with Gasteiger partial charge in [0.2, 0.25) is 5.91 Å². The molecule has 2 N–H and O–H groups in total. The van der Waals surface area contributed by atoms with Crippen LogP contribution in [0.15, 0.2) is 36.9 Å². The molecule has 5 nitrogen and oxygen atoms in total. The highest BCUT2D eigenvalue weighted by molar-refractivity contribution is 6.00. The van der Waals surface area contributed by atoms with Crippen molar-refractivity contribution < 1.29 is 26.7 Å². The van der Waals surface area contributed by atoms with Gasteiger partial charge in [0.15, 0.2) is 0 Å². The molecule has 2 aliphatic rings. The van der Waals surface area contributed by atoms with E-state index in [2.05, 4.69) is 22.2 Å². The van der Waals surface area contributed by atoms with Crippen molar-refractivity contribution in [2.45, 2.75) is 37.4 Å². The molecule has 0 radical (unpaired) electrons. The highest BCUT2D eigenvalue weighted by Crippen LogP contribution is 2.37. The molecule has 35 heavy (non-hydrogen) atoms. The van der Waals surface area contributed by atoms with E-state index in [0.29, 0.717) is 24.0 Å². The van der Waals surface area contributed by atoms with Gasteiger partial charge in [0.05, 0.1) is 28.9 Å². The molecule has 0 bridgehead atoms. The summed E-state index contributed by atoms with van der Waals surface area (Å²) >= 11 is 0. The van der Waals surface area contributed by atoms with E-state index in [-0.39, 0.29) is 36.3 Å². The summed E-state index contributed by atoms with van der Waals surface area (Å²) in [6.07, 6.45) is -3.16. The normalized spacial score (nSPS) is 25.1. The summed E-state index contributed by atoms with van der Waals surface area (Å²) in [6.45, 7) is 4.26. The van der Waals surface area contributed by atoms with Crippen LogP contribution in [0.3, 0.4) is 0 Å². The summed E-state index contributed by atoms with van der Waals surface area (Å²) in [5.41, 5.74) is -0.685. The Labute approximate surface area is 200 Å². The second kappa shape index (κ2) is 9.93. The SMILES string of the molecule is C=C(c1nc(/C=C/CNC(=O)C2CC2F)cc2c(N[C@@H]3CCN(C)C[C@@H]3F)cccc12)C(F)(F)F. The third-order valence-electron chi connectivity index (χ3n) is 6.34. The van der Waals surface area contributed by atoms with Crippen molar-refractivity contribution in [2.24, 2.45) is 5.92 Å². The van der Waals surface area contributed by atoms with Crippen LogP contribution in [-0.4, -0.2) is 67.0 Å². The molecule has 1 amide bonds. The maximum Gasteiger partial charge on any atom is 0.417 e. The van der Waals surface area contributed by atoms with Crippen LogP contribution in [0.25, 0.3) is 22.4 Å². The average Bonchev–Trinajstić information content (AvgIpc) is 3.53. The summed E-state index contributed by atoms with van der Waals surface area (Å²) in [5, 5.41) is 6.44. The van der Waals surface area contributed by atoms with Crippen LogP contribution >= 0.6 is 0 Å². The third kappa shape index (κ3) is 5.80. The predicted molar refractivity (Wildman–Crippen MR) is 126 cm³/mol. The van der Waals surface area contributed by atoms with Crippen LogP contribution in [0.4, 0.5) is 27.6 Å². The highest BCUT2D eigenvalue weighted by Gasteiger charge is 2.43. The van der Waals surface area contributed by atoms with E-state index in [4.69, 9.17) is 0 Å². The van der Waals surface area contributed by atoms with Gasteiger partial charge in [0.25, 0.3) is 0 Å². The number of carbonyl (C=O) groups is 1. The van der Waals surface area contributed by atoms with E-state index in [9.17, 15) is 26.7 Å². The first-order valence-corrected chi connectivity index (χ1v) is 11.4. The minimum atomic E-state index is -4.69. The molecule has 2 heterocycles. The lowest BCUT2D eigenvalue weighted by Gasteiger charge is -2.33. The fraction of sp³-hybridized carbons (Fsp3) is 0.440. The molecule has 2 aromatic rings. The van der Waals surface area contributed by atoms with Crippen molar-refractivity contribution in [3.63, 3.8) is 0 Å². The number of amides is 1. The number of nitrogens with zero attached hydrogens (tertiary/aromatic N) is 2. The molecule has 2 unspecified atom stereocenters. The van der Waals surface area contributed by atoms with Gasteiger partial charge in [0, 0.05) is 36.1 Å². The summed E-state index contributed by atoms with van der Waals surface area (Å²) in [5.74, 6) is -1.03. The van der Waals surface area contributed by atoms with Gasteiger partial charge in [-0.15, -0.1) is 0 Å². The Morgan fingerprint density at radius 3 is 2.66 bits per heavy atom. The average molecular weight is 495 g/mol. The molecule has 1 aromatic carbocycles. The molecule has 4 rings (SSSR count). The number of piperidine rings is 1. The Balaban J connectivity index is 1.64. The lowest BCUT2D eigenvalue weighted by molar-refractivity contribution is -0.122. The molecule has 10 heteroatoms. The first kappa shape index (κ1) is 25.1. The van der Waals surface area contributed by atoms with Crippen molar-refractivity contribution in [1.29, 1.82) is 0 Å². The van der Waals surface area contributed by atoms with Crippen molar-refractivity contribution >= 4 is 34.0 Å². The van der Waals surface area contributed by atoms with Gasteiger partial charge in [-0.25, -0.2) is 13.8 Å². The molecule has 1 aliphatic carbocycles. The number of fused-ring (bicyclic) bond motifs is 1. The number of aromatic nitrogens is 1. The fourth-order valence-electron chi connectivity index (χ4n) is 4.20. The summed E-state index contributed by atoms with van der Waals surface area (Å²) < 4.78 is 68.3. The highest BCUT2D eigenvalue weighted by atomic mass is 19.4. The second-order valence-corrected chi connectivity index (χ2v) is 9.10. The number of likely N-dealkylation sites (tertiary alicyclic amines) is 1. The number of hydrogen-bond acceptors (Lipinski definition) is 4. The van der Waals surface area contributed by atoms with Crippen molar-refractivity contribution in [3.8, 4) is 0 Å². The largest absolute Gasteiger partial charge is 0.417 e. The molecule has 0 spiro atoms. The number of nitrogens with one attached hydrogen (secondary N) is 2. The number of hydrogen-bond donors (Lipinski definition) is 2. The zero-order valence-corrected chi connectivity index (χ0v) is 19.2. The van der Waals surface area contributed by atoms with E-state index >= 15 is 0 Å². The summed E-state index contributed by atoms with van der Waals surface area (Å²) in [7, 11) is 1.84. The first-order valence-electron chi connectivity index (χ1n) is 11.4. The number of anilines is 1. The van der Waals surface area contributed by atoms with Crippen LogP contribution in [0, 0.1) is 5.92 Å². The number of rotatable bonds is 7. The number of alkyl halides is 5. The van der Waals surface area contributed by atoms with Crippen LogP contribution in [0.1, 0.15) is 24.2 Å². The number of allylic oxidation sites excluding steroid dienone is 1. The van der Waals surface area contributed by atoms with E-state index in [1.54, 1.807) is 18.2 Å². The van der Waals surface area contributed by atoms with Gasteiger partial charge in [-0.1, -0.05) is 24.8 Å². The molecule has 1 saturated carbocycles. The Kier molecular flexibility index (Phi) is 7.12. The lowest BCUT2D eigenvalue weighted by atomic mass is 9.99. The molecular weight excluding hydrogens is 467 g/mol. The third-order valence-corrected chi connectivity index (χ3v) is 6.34. The molecular formula is C25H27F5N4O. The monoisotopic (exact) mass is 494 g/mol. The standard InChI is InChI=1S/C25H27F5N4O/c1-14(25(28,29)30)23-16-6-3-7-21(33-22-8-10-34(2)13-20(22)27)17(16)11-15(32-23)5-4-9-31-24(35)18-12-19(18)26/h3-7,11,18-20,22,33H,1,8-10,12-13H2,2H3,(H,31,35)/b5-4+/t18?,19?,20-,22+/m0/s1. The summed E-state index contributed by atoms with van der Waals surface area (Å²) in [6, 6.07) is 5.96. The molecule has 1 aromatic heterocycles. The zero-order chi connectivity index (χ0) is 25.3. The molecule has 1 aliphatic heterocycles. The summed E-state index contributed by atoms with van der Waals surface area (Å²) in [4.78, 5) is 17.8. The van der Waals surface area contributed by atoms with Crippen molar-refractivity contribution in [2.75, 3.05) is 32.0 Å². The topological polar surface area (TPSA) is 57.3 Å². The number of pyridine rings is 1. The molecule has 4 atom stereocenters. The molecule has 188 valence electrons. The van der Waals surface area contributed by atoms with Gasteiger partial charge in [-0.05, 0) is 38.1 Å². The Hall–Kier alpha value is -3.01. The maximum atomic E-state index is 14.6. The van der Waals surface area contributed by atoms with Gasteiger partial charge in [0.1, 0.15) is 12.3 Å². The Morgan fingerprint density at radius 2 is 2.00 bits per heavy atom. The minimum Gasteiger partial charge on any atom is -0.379 e. The van der Waals surface area contributed by atoms with Crippen LogP contribution in [0.5, 0.6) is 0 Å². The lowest BCUT2D eigenvalue weighted by Crippen LogP contribution is -2.46. The van der Waals surface area contributed by atoms with Crippen LogP contribution in [0.2, 0.25) is 0 Å². The molecule has 2 fully saturated rings. The van der Waals surface area contributed by atoms with E-state index in [0.717, 1.165) is 0 Å². The number of halogens is 5. The van der Waals surface area contributed by atoms with Crippen molar-refractivity contribution in [1.82, 2.24) is 15.2 Å². The van der Waals surface area contributed by atoms with Gasteiger partial charge in [-0.3, -0.25) is 4.79 Å². The maximum absolute atomic E-state index is 14.6. The van der Waals surface area contributed by atoms with E-state index in [1.807, 2.05) is 11.9 Å². The minimum absolute atomic E-state index is 0.0797. The van der Waals surface area contributed by atoms with Crippen LogP contribution in [-0.2, 0) is 4.79 Å². The quantitative estimate of drug-likeness (QED) is 0.546. The first-order chi connectivity index (χ1) is 16.5. The predicted octanol–water partition coefficient (Wildman–Crippen LogP) is 4.75.